The third-order valence-corrected chi connectivity index (χ3v) is 2.41. The lowest BCUT2D eigenvalue weighted by molar-refractivity contribution is 0.546. The number of hydrogen-bond acceptors (Lipinski definition) is 1. The third-order valence-electron chi connectivity index (χ3n) is 2.19. The first-order valence-corrected chi connectivity index (χ1v) is 5.17. The van der Waals surface area contributed by atoms with E-state index in [1.54, 1.807) is 0 Å². The van der Waals surface area contributed by atoms with Gasteiger partial charge < -0.3 is 5.32 Å². The van der Waals surface area contributed by atoms with Crippen molar-refractivity contribution in [1.82, 2.24) is 5.32 Å². The van der Waals surface area contributed by atoms with Gasteiger partial charge in [-0.2, -0.15) is 0 Å². The standard InChI is InChI=1S/C11H16ClN.ClH/c1-13-11(7-8-12)9-10-5-3-2-4-6-10;/h2-6,11,13H,7-9H2,1H3;1H. The molecule has 0 bridgehead atoms. The van der Waals surface area contributed by atoms with Gasteiger partial charge in [-0.15, -0.1) is 24.0 Å². The maximum atomic E-state index is 5.70. The number of rotatable bonds is 5. The lowest BCUT2D eigenvalue weighted by Crippen LogP contribution is -2.27. The maximum absolute atomic E-state index is 5.70. The zero-order chi connectivity index (χ0) is 9.52. The van der Waals surface area contributed by atoms with Crippen LogP contribution in [0.5, 0.6) is 0 Å². The first-order valence-electron chi connectivity index (χ1n) is 4.64. The van der Waals surface area contributed by atoms with Crippen LogP contribution in [-0.2, 0) is 6.42 Å². The highest BCUT2D eigenvalue weighted by atomic mass is 35.5. The van der Waals surface area contributed by atoms with Crippen molar-refractivity contribution >= 4 is 24.0 Å². The van der Waals surface area contributed by atoms with E-state index in [9.17, 15) is 0 Å². The molecule has 1 rings (SSSR count). The van der Waals surface area contributed by atoms with Gasteiger partial charge in [0.1, 0.15) is 0 Å². The minimum atomic E-state index is 0. The summed E-state index contributed by atoms with van der Waals surface area (Å²) in [6, 6.07) is 11.0. The zero-order valence-electron chi connectivity index (χ0n) is 8.37. The van der Waals surface area contributed by atoms with Crippen LogP contribution in [0, 0.1) is 0 Å². The van der Waals surface area contributed by atoms with Crippen LogP contribution in [0.3, 0.4) is 0 Å². The maximum Gasteiger partial charge on any atom is 0.0238 e. The zero-order valence-corrected chi connectivity index (χ0v) is 9.94. The topological polar surface area (TPSA) is 12.0 Å². The molecule has 1 aromatic rings. The van der Waals surface area contributed by atoms with Crippen LogP contribution in [-0.4, -0.2) is 19.0 Å². The molecule has 0 heterocycles. The summed E-state index contributed by atoms with van der Waals surface area (Å²) >= 11 is 5.70. The van der Waals surface area contributed by atoms with Gasteiger partial charge in [-0.3, -0.25) is 0 Å². The van der Waals surface area contributed by atoms with Gasteiger partial charge in [0.25, 0.3) is 0 Å². The van der Waals surface area contributed by atoms with Crippen molar-refractivity contribution < 1.29 is 0 Å². The van der Waals surface area contributed by atoms with Gasteiger partial charge >= 0.3 is 0 Å². The van der Waals surface area contributed by atoms with E-state index in [4.69, 9.17) is 11.6 Å². The van der Waals surface area contributed by atoms with Crippen LogP contribution in [0.4, 0.5) is 0 Å². The second kappa shape index (κ2) is 8.10. The first kappa shape index (κ1) is 13.8. The van der Waals surface area contributed by atoms with Gasteiger partial charge in [0.15, 0.2) is 0 Å². The molecule has 0 aliphatic carbocycles. The van der Waals surface area contributed by atoms with Crippen LogP contribution >= 0.6 is 24.0 Å². The van der Waals surface area contributed by atoms with Crippen molar-refractivity contribution in [3.05, 3.63) is 35.9 Å². The molecule has 0 aliphatic rings. The van der Waals surface area contributed by atoms with E-state index < -0.39 is 0 Å². The van der Waals surface area contributed by atoms with Gasteiger partial charge in [0, 0.05) is 11.9 Å². The molecule has 0 aliphatic heterocycles. The molecule has 14 heavy (non-hydrogen) atoms. The number of likely N-dealkylation sites (N-methyl/N-ethyl adjacent to an activating group) is 1. The Morgan fingerprint density at radius 2 is 1.93 bits per heavy atom. The number of hydrogen-bond donors (Lipinski definition) is 1. The predicted octanol–water partition coefficient (Wildman–Crippen LogP) is 2.87. The average molecular weight is 234 g/mol. The van der Waals surface area contributed by atoms with E-state index in [2.05, 4.69) is 29.6 Å². The fourth-order valence-electron chi connectivity index (χ4n) is 1.38. The van der Waals surface area contributed by atoms with E-state index in [0.29, 0.717) is 6.04 Å². The molecule has 3 heteroatoms. The molecule has 1 N–H and O–H groups in total. The van der Waals surface area contributed by atoms with Crippen LogP contribution in [0.25, 0.3) is 0 Å². The Balaban J connectivity index is 0.00000169. The number of halogens is 2. The summed E-state index contributed by atoms with van der Waals surface area (Å²) in [5.41, 5.74) is 1.37. The SMILES string of the molecule is CNC(CCCl)Cc1ccccc1.Cl. The summed E-state index contributed by atoms with van der Waals surface area (Å²) < 4.78 is 0. The van der Waals surface area contributed by atoms with Gasteiger partial charge in [-0.1, -0.05) is 30.3 Å². The fraction of sp³-hybridized carbons (Fsp3) is 0.455. The van der Waals surface area contributed by atoms with Crippen molar-refractivity contribution in [2.45, 2.75) is 18.9 Å². The monoisotopic (exact) mass is 233 g/mol. The molecule has 1 nitrogen and oxygen atoms in total. The average Bonchev–Trinajstić information content (AvgIpc) is 2.19. The van der Waals surface area contributed by atoms with E-state index in [1.807, 2.05) is 13.1 Å². The van der Waals surface area contributed by atoms with Crippen LogP contribution in [0.15, 0.2) is 30.3 Å². The van der Waals surface area contributed by atoms with Crippen molar-refractivity contribution in [1.29, 1.82) is 0 Å². The van der Waals surface area contributed by atoms with E-state index in [1.165, 1.54) is 5.56 Å². The largest absolute Gasteiger partial charge is 0.317 e. The molecule has 0 spiro atoms. The van der Waals surface area contributed by atoms with Crippen molar-refractivity contribution in [2.75, 3.05) is 12.9 Å². The molecule has 0 radical (unpaired) electrons. The minimum absolute atomic E-state index is 0. The van der Waals surface area contributed by atoms with Crippen LogP contribution in [0.2, 0.25) is 0 Å². The van der Waals surface area contributed by atoms with E-state index >= 15 is 0 Å². The van der Waals surface area contributed by atoms with E-state index in [0.717, 1.165) is 18.7 Å². The van der Waals surface area contributed by atoms with Gasteiger partial charge in [0.05, 0.1) is 0 Å². The molecule has 0 fully saturated rings. The molecule has 0 saturated carbocycles. The molecule has 0 amide bonds. The van der Waals surface area contributed by atoms with Gasteiger partial charge in [-0.25, -0.2) is 0 Å². The Labute approximate surface area is 97.3 Å². The summed E-state index contributed by atoms with van der Waals surface area (Å²) in [4.78, 5) is 0. The van der Waals surface area contributed by atoms with Crippen LogP contribution in [0.1, 0.15) is 12.0 Å². The second-order valence-corrected chi connectivity index (χ2v) is 3.53. The normalized spacial score (nSPS) is 11.9. The molecule has 0 saturated heterocycles. The summed E-state index contributed by atoms with van der Waals surface area (Å²) in [6.07, 6.45) is 2.08. The Bertz CT molecular complexity index is 226. The quantitative estimate of drug-likeness (QED) is 0.772. The molecular weight excluding hydrogens is 217 g/mol. The molecule has 1 aromatic carbocycles. The Morgan fingerprint density at radius 1 is 1.29 bits per heavy atom. The van der Waals surface area contributed by atoms with Crippen molar-refractivity contribution in [2.24, 2.45) is 0 Å². The van der Waals surface area contributed by atoms with Crippen molar-refractivity contribution in [3.63, 3.8) is 0 Å². The molecule has 1 atom stereocenters. The third kappa shape index (κ3) is 4.85. The number of benzene rings is 1. The lowest BCUT2D eigenvalue weighted by atomic mass is 10.0. The molecule has 1 unspecified atom stereocenters. The summed E-state index contributed by atoms with van der Waals surface area (Å²) in [5.74, 6) is 0.721. The summed E-state index contributed by atoms with van der Waals surface area (Å²) in [7, 11) is 1.99. The number of nitrogens with one attached hydrogen (secondary N) is 1. The fourth-order valence-corrected chi connectivity index (χ4v) is 1.64. The second-order valence-electron chi connectivity index (χ2n) is 3.15. The highest BCUT2D eigenvalue weighted by molar-refractivity contribution is 6.17. The van der Waals surface area contributed by atoms with E-state index in [-0.39, 0.29) is 12.4 Å². The smallest absolute Gasteiger partial charge is 0.0238 e. The molecular formula is C11H17Cl2N. The first-order chi connectivity index (χ1) is 6.36. The Morgan fingerprint density at radius 3 is 2.43 bits per heavy atom. The van der Waals surface area contributed by atoms with Crippen LogP contribution < -0.4 is 5.32 Å². The number of alkyl halides is 1. The van der Waals surface area contributed by atoms with Gasteiger partial charge in [0.2, 0.25) is 0 Å². The predicted molar refractivity (Wildman–Crippen MR) is 65.6 cm³/mol. The summed E-state index contributed by atoms with van der Waals surface area (Å²) in [6.45, 7) is 0. The van der Waals surface area contributed by atoms with Gasteiger partial charge in [-0.05, 0) is 25.5 Å². The molecule has 0 aromatic heterocycles. The molecule has 80 valence electrons. The highest BCUT2D eigenvalue weighted by Crippen LogP contribution is 2.05. The Kier molecular flexibility index (Phi) is 7.96. The Hall–Kier alpha value is -0.240. The minimum Gasteiger partial charge on any atom is -0.317 e. The van der Waals surface area contributed by atoms with Crippen molar-refractivity contribution in [3.8, 4) is 0 Å². The lowest BCUT2D eigenvalue weighted by Gasteiger charge is -2.14. The highest BCUT2D eigenvalue weighted by Gasteiger charge is 2.05. The summed E-state index contributed by atoms with van der Waals surface area (Å²) in [5, 5.41) is 3.27.